The minimum Gasteiger partial charge on any atom is -0.479 e. The molecule has 240 valence electrons. The third kappa shape index (κ3) is 7.06. The zero-order valence-electron chi connectivity index (χ0n) is 24.5. The summed E-state index contributed by atoms with van der Waals surface area (Å²) < 4.78 is 46.6. The molecule has 0 radical (unpaired) electrons. The zero-order valence-corrected chi connectivity index (χ0v) is 25.3. The number of hydrogen-bond acceptors (Lipinski definition) is 7. The number of carboxylic acids is 1. The number of nitrogens with one attached hydrogen (secondary N) is 2. The Morgan fingerprint density at radius 2 is 1.91 bits per heavy atom. The monoisotopic (exact) mass is 634 g/mol. The second-order valence-electron chi connectivity index (χ2n) is 12.0. The Kier molecular flexibility index (Phi) is 9.59. The fourth-order valence-electron chi connectivity index (χ4n) is 6.28. The second-order valence-corrected chi connectivity index (χ2v) is 14.1. The Labute approximate surface area is 256 Å². The van der Waals surface area contributed by atoms with Gasteiger partial charge in [0.1, 0.15) is 23.5 Å². The Bertz CT molecular complexity index is 1440. The Hall–Kier alpha value is -3.52. The summed E-state index contributed by atoms with van der Waals surface area (Å²) >= 11 is 0. The van der Waals surface area contributed by atoms with Gasteiger partial charge < -0.3 is 20.5 Å². The number of carbonyl (C=O) groups is 4. The van der Waals surface area contributed by atoms with Gasteiger partial charge >= 0.3 is 12.1 Å². The van der Waals surface area contributed by atoms with Crippen molar-refractivity contribution in [3.63, 3.8) is 0 Å². The van der Waals surface area contributed by atoms with Gasteiger partial charge in [0, 0.05) is 31.0 Å². The van der Waals surface area contributed by atoms with E-state index in [0.29, 0.717) is 36.8 Å². The largest absolute Gasteiger partial charge is 0.479 e. The van der Waals surface area contributed by atoms with Gasteiger partial charge in [-0.3, -0.25) is 14.5 Å². The van der Waals surface area contributed by atoms with Crippen LogP contribution in [-0.4, -0.2) is 83.1 Å². The number of aliphatic carboxylic acids is 1. The molecule has 14 heteroatoms. The third-order valence-corrected chi connectivity index (χ3v) is 10.9. The van der Waals surface area contributed by atoms with Crippen molar-refractivity contribution in [1.82, 2.24) is 19.8 Å². The van der Waals surface area contributed by atoms with Crippen LogP contribution < -0.4 is 10.6 Å². The van der Waals surface area contributed by atoms with Gasteiger partial charge in [0.25, 0.3) is 0 Å². The first kappa shape index (κ1) is 31.9. The van der Waals surface area contributed by atoms with Crippen LogP contribution in [0.2, 0.25) is 0 Å². The highest BCUT2D eigenvalue weighted by Gasteiger charge is 2.60. The maximum absolute atomic E-state index is 14.3. The van der Waals surface area contributed by atoms with E-state index in [0.717, 1.165) is 12.8 Å². The Balaban J connectivity index is 1.32. The molecule has 1 saturated carbocycles. The molecule has 0 aromatic heterocycles. The van der Waals surface area contributed by atoms with Gasteiger partial charge in [0.05, 0.1) is 18.8 Å². The summed E-state index contributed by atoms with van der Waals surface area (Å²) in [5, 5.41) is 15.2. The smallest absolute Gasteiger partial charge is 0.410 e. The van der Waals surface area contributed by atoms with Gasteiger partial charge in [0.2, 0.25) is 21.8 Å². The topological polar surface area (TPSA) is 162 Å². The first-order valence-corrected chi connectivity index (χ1v) is 16.8. The summed E-state index contributed by atoms with van der Waals surface area (Å²) in [5.74, 6) is -2.95. The summed E-state index contributed by atoms with van der Waals surface area (Å²) in [6.45, 7) is 0.203. The van der Waals surface area contributed by atoms with E-state index >= 15 is 0 Å². The zero-order chi connectivity index (χ0) is 31.5. The van der Waals surface area contributed by atoms with Gasteiger partial charge in [-0.2, -0.15) is 4.31 Å². The highest BCUT2D eigenvalue weighted by Crippen LogP contribution is 2.45. The maximum Gasteiger partial charge on any atom is 0.410 e. The first-order valence-electron chi connectivity index (χ1n) is 15.2. The summed E-state index contributed by atoms with van der Waals surface area (Å²) in [4.78, 5) is 52.8. The molecule has 1 aliphatic carbocycles. The number of carbonyl (C=O) groups excluding carboxylic acids is 3. The average molecular weight is 635 g/mol. The van der Waals surface area contributed by atoms with Gasteiger partial charge in [0.15, 0.2) is 0 Å². The van der Waals surface area contributed by atoms with Crippen molar-refractivity contribution in [1.29, 1.82) is 0 Å². The molecule has 4 atom stereocenters. The first-order chi connectivity index (χ1) is 21.0. The maximum atomic E-state index is 14.3. The van der Waals surface area contributed by atoms with Crippen molar-refractivity contribution in [2.24, 2.45) is 5.92 Å². The van der Waals surface area contributed by atoms with Crippen molar-refractivity contribution < 1.29 is 41.8 Å². The highest BCUT2D eigenvalue weighted by molar-refractivity contribution is 7.89. The molecule has 3 amide bonds. The fourth-order valence-corrected chi connectivity index (χ4v) is 8.01. The molecule has 1 aromatic carbocycles. The fraction of sp³-hybridized carbons (Fsp3) is 0.600. The molecular weight excluding hydrogens is 595 g/mol. The number of sulfonamides is 1. The van der Waals surface area contributed by atoms with Crippen LogP contribution in [0, 0.1) is 11.7 Å². The van der Waals surface area contributed by atoms with Crippen LogP contribution in [0.1, 0.15) is 68.9 Å². The quantitative estimate of drug-likeness (QED) is 0.427. The minimum atomic E-state index is -3.57. The number of hydrogen-bond donors (Lipinski definition) is 3. The Morgan fingerprint density at radius 3 is 2.64 bits per heavy atom. The number of amides is 3. The number of fused-ring (bicyclic) bond motifs is 2. The van der Waals surface area contributed by atoms with E-state index in [9.17, 15) is 37.1 Å². The standard InChI is InChI=1S/C30H39FN4O8S/c31-24-10-6-8-20-18-34(19-23(20)24)29(40)43-22-12-13-26(36)33-30(28(38)39)16-21(30)9-4-2-1-3-5-11-25(27(37)32-17-22)35-14-7-15-44(35,41)42/h4,6,8-10,21-22,25H,1-3,5,7,11-19H2,(H,32,37)(H,33,36)(H,38,39)/b9-4-/t21-,22-,25+,30-/m1/s1. The molecule has 0 bridgehead atoms. The predicted molar refractivity (Wildman–Crippen MR) is 156 cm³/mol. The van der Waals surface area contributed by atoms with Crippen LogP contribution in [0.5, 0.6) is 0 Å². The van der Waals surface area contributed by atoms with Gasteiger partial charge in [-0.1, -0.05) is 37.1 Å². The number of allylic oxidation sites excluding steroid dienone is 1. The molecule has 2 fully saturated rings. The molecule has 44 heavy (non-hydrogen) atoms. The summed E-state index contributed by atoms with van der Waals surface area (Å²) in [6.07, 6.45) is 5.61. The lowest BCUT2D eigenvalue weighted by Crippen LogP contribution is -2.50. The molecule has 12 nitrogen and oxygen atoms in total. The SMILES string of the molecule is O=C1CC[C@@H](OC(=O)N2Cc3cccc(F)c3C2)CNC(=O)[C@@H](N2CCCS2(=O)=O)CCCCC/C=C\[C@@H]2C[C@@]2(C(=O)O)N1. The lowest BCUT2D eigenvalue weighted by atomic mass is 10.0. The third-order valence-electron chi connectivity index (χ3n) is 8.91. The van der Waals surface area contributed by atoms with E-state index in [1.807, 2.05) is 12.2 Å². The van der Waals surface area contributed by atoms with E-state index in [-0.39, 0.29) is 57.1 Å². The predicted octanol–water partition coefficient (Wildman–Crippen LogP) is 2.43. The minimum absolute atomic E-state index is 0.00529. The molecular formula is C30H39FN4O8S. The lowest BCUT2D eigenvalue weighted by molar-refractivity contribution is -0.143. The van der Waals surface area contributed by atoms with Gasteiger partial charge in [-0.25, -0.2) is 22.4 Å². The summed E-state index contributed by atoms with van der Waals surface area (Å²) in [5.41, 5.74) is -0.330. The average Bonchev–Trinajstić information content (AvgIpc) is 3.29. The van der Waals surface area contributed by atoms with Crippen LogP contribution in [0.15, 0.2) is 30.4 Å². The van der Waals surface area contributed by atoms with Crippen molar-refractivity contribution in [2.75, 3.05) is 18.8 Å². The summed E-state index contributed by atoms with van der Waals surface area (Å²) in [7, 11) is -3.57. The van der Waals surface area contributed by atoms with Crippen molar-refractivity contribution in [2.45, 2.75) is 88.6 Å². The molecule has 1 aromatic rings. The molecule has 4 aliphatic rings. The highest BCUT2D eigenvalue weighted by atomic mass is 32.2. The van der Waals surface area contributed by atoms with Crippen molar-refractivity contribution in [3.8, 4) is 0 Å². The van der Waals surface area contributed by atoms with E-state index in [1.165, 1.54) is 15.3 Å². The number of ether oxygens (including phenoxy) is 1. The van der Waals surface area contributed by atoms with Gasteiger partial charge in [-0.05, 0) is 50.2 Å². The van der Waals surface area contributed by atoms with Crippen LogP contribution in [0.4, 0.5) is 9.18 Å². The number of benzene rings is 1. The lowest BCUT2D eigenvalue weighted by Gasteiger charge is -2.27. The molecule has 1 saturated heterocycles. The Morgan fingerprint density at radius 1 is 1.09 bits per heavy atom. The van der Waals surface area contributed by atoms with Crippen molar-refractivity contribution >= 4 is 33.9 Å². The number of carboxylic acid groups (broad SMARTS) is 1. The van der Waals surface area contributed by atoms with E-state index in [4.69, 9.17) is 4.74 Å². The van der Waals surface area contributed by atoms with Crippen molar-refractivity contribution in [3.05, 3.63) is 47.3 Å². The van der Waals surface area contributed by atoms with Crippen LogP contribution in [0.3, 0.4) is 0 Å². The van der Waals surface area contributed by atoms with Crippen LogP contribution in [0.25, 0.3) is 0 Å². The molecule has 3 aliphatic heterocycles. The van der Waals surface area contributed by atoms with Gasteiger partial charge in [-0.15, -0.1) is 0 Å². The molecule has 0 unspecified atom stereocenters. The number of rotatable bonds is 3. The normalized spacial score (nSPS) is 30.6. The van der Waals surface area contributed by atoms with E-state index < -0.39 is 57.4 Å². The molecule has 3 N–H and O–H groups in total. The van der Waals surface area contributed by atoms with Crippen LogP contribution >= 0.6 is 0 Å². The summed E-state index contributed by atoms with van der Waals surface area (Å²) in [6, 6.07) is 3.69. The molecule has 3 heterocycles. The molecule has 0 spiro atoms. The number of nitrogens with zero attached hydrogens (tertiary/aromatic N) is 2. The molecule has 5 rings (SSSR count). The van der Waals surface area contributed by atoms with Crippen LogP contribution in [-0.2, 0) is 42.2 Å². The van der Waals surface area contributed by atoms with E-state index in [2.05, 4.69) is 10.6 Å². The van der Waals surface area contributed by atoms with E-state index in [1.54, 1.807) is 12.1 Å². The number of halogens is 1. The second kappa shape index (κ2) is 13.2.